The van der Waals surface area contributed by atoms with Gasteiger partial charge in [0.2, 0.25) is 0 Å². The zero-order valence-electron chi connectivity index (χ0n) is 18.3. The van der Waals surface area contributed by atoms with E-state index < -0.39 is 10.0 Å². The Morgan fingerprint density at radius 3 is 2.13 bits per heavy atom. The Balaban J connectivity index is 1.66. The van der Waals surface area contributed by atoms with E-state index in [-0.39, 0.29) is 10.8 Å². The van der Waals surface area contributed by atoms with E-state index in [4.69, 9.17) is 0 Å². The van der Waals surface area contributed by atoms with Gasteiger partial charge in [0.05, 0.1) is 10.6 Å². The van der Waals surface area contributed by atoms with Crippen LogP contribution in [0.15, 0.2) is 71.6 Å². The van der Waals surface area contributed by atoms with Gasteiger partial charge in [-0.1, -0.05) is 55.8 Å². The summed E-state index contributed by atoms with van der Waals surface area (Å²) >= 11 is 0. The molecule has 6 heteroatoms. The monoisotopic (exact) mass is 436 g/mol. The predicted octanol–water partition coefficient (Wildman–Crippen LogP) is 5.16. The first kappa shape index (κ1) is 22.6. The molecule has 3 aromatic rings. The highest BCUT2D eigenvalue weighted by atomic mass is 32.2. The van der Waals surface area contributed by atoms with Gasteiger partial charge >= 0.3 is 0 Å². The summed E-state index contributed by atoms with van der Waals surface area (Å²) < 4.78 is 27.8. The van der Waals surface area contributed by atoms with Gasteiger partial charge in [0.15, 0.2) is 0 Å². The minimum absolute atomic E-state index is 0.197. The fourth-order valence-corrected chi connectivity index (χ4v) is 4.28. The lowest BCUT2D eigenvalue weighted by molar-refractivity contribution is 0.0951. The van der Waals surface area contributed by atoms with Crippen molar-refractivity contribution >= 4 is 21.6 Å². The normalized spacial score (nSPS) is 11.4. The average molecular weight is 437 g/mol. The SMILES string of the molecule is Cc1ccc(S(=O)(=O)Nc2ccc(C(=O)NCc3ccc(C(C)C)cc3)cc2C)cc1. The van der Waals surface area contributed by atoms with Crippen molar-refractivity contribution in [1.29, 1.82) is 0 Å². The second kappa shape index (κ2) is 9.35. The first-order valence-corrected chi connectivity index (χ1v) is 11.7. The molecular formula is C25H28N2O3S. The van der Waals surface area contributed by atoms with Gasteiger partial charge in [-0.2, -0.15) is 0 Å². The van der Waals surface area contributed by atoms with Crippen molar-refractivity contribution in [3.8, 4) is 0 Å². The number of aryl methyl sites for hydroxylation is 2. The quantitative estimate of drug-likeness (QED) is 0.537. The van der Waals surface area contributed by atoms with Crippen LogP contribution in [0.4, 0.5) is 5.69 Å². The molecular weight excluding hydrogens is 408 g/mol. The predicted molar refractivity (Wildman–Crippen MR) is 125 cm³/mol. The molecule has 5 nitrogen and oxygen atoms in total. The minimum atomic E-state index is -3.69. The zero-order chi connectivity index (χ0) is 22.6. The molecule has 2 N–H and O–H groups in total. The van der Waals surface area contributed by atoms with E-state index in [9.17, 15) is 13.2 Å². The van der Waals surface area contributed by atoms with Gasteiger partial charge < -0.3 is 5.32 Å². The second-order valence-corrected chi connectivity index (χ2v) is 9.71. The van der Waals surface area contributed by atoms with Crippen molar-refractivity contribution in [2.75, 3.05) is 4.72 Å². The fraction of sp³-hybridized carbons (Fsp3) is 0.240. The van der Waals surface area contributed by atoms with Crippen LogP contribution in [0.3, 0.4) is 0 Å². The molecule has 0 heterocycles. The molecule has 0 saturated heterocycles. The van der Waals surface area contributed by atoms with E-state index in [1.54, 1.807) is 49.4 Å². The maximum Gasteiger partial charge on any atom is 0.261 e. The molecule has 162 valence electrons. The molecule has 3 aromatic carbocycles. The van der Waals surface area contributed by atoms with Crippen molar-refractivity contribution < 1.29 is 13.2 Å². The number of amides is 1. The molecule has 0 aliphatic carbocycles. The molecule has 0 bridgehead atoms. The standard InChI is InChI=1S/C25H28N2O3S/c1-17(2)21-9-7-20(8-10-21)16-26-25(28)22-11-14-24(19(4)15-22)27-31(29,30)23-12-5-18(3)6-13-23/h5-15,17,27H,16H2,1-4H3,(H,26,28). The summed E-state index contributed by atoms with van der Waals surface area (Å²) in [6, 6.07) is 19.8. The van der Waals surface area contributed by atoms with Crippen molar-refractivity contribution in [3.05, 3.63) is 94.5 Å². The second-order valence-electron chi connectivity index (χ2n) is 8.03. The van der Waals surface area contributed by atoms with Gasteiger partial charge in [-0.15, -0.1) is 0 Å². The van der Waals surface area contributed by atoms with Crippen molar-refractivity contribution in [2.45, 2.75) is 45.1 Å². The summed E-state index contributed by atoms with van der Waals surface area (Å²) in [5.41, 5.74) is 4.87. The van der Waals surface area contributed by atoms with E-state index in [1.165, 1.54) is 5.56 Å². The van der Waals surface area contributed by atoms with Gasteiger partial charge in [-0.25, -0.2) is 8.42 Å². The minimum Gasteiger partial charge on any atom is -0.348 e. The Kier molecular flexibility index (Phi) is 6.81. The van der Waals surface area contributed by atoms with Crippen LogP contribution in [0.5, 0.6) is 0 Å². The Morgan fingerprint density at radius 2 is 1.55 bits per heavy atom. The number of benzene rings is 3. The van der Waals surface area contributed by atoms with E-state index in [0.717, 1.165) is 11.1 Å². The van der Waals surface area contributed by atoms with Crippen LogP contribution in [0, 0.1) is 13.8 Å². The van der Waals surface area contributed by atoms with E-state index in [2.05, 4.69) is 36.0 Å². The fourth-order valence-electron chi connectivity index (χ4n) is 3.15. The zero-order valence-corrected chi connectivity index (χ0v) is 19.1. The smallest absolute Gasteiger partial charge is 0.261 e. The maximum atomic E-state index is 12.6. The van der Waals surface area contributed by atoms with Crippen LogP contribution in [0.25, 0.3) is 0 Å². The third kappa shape index (κ3) is 5.73. The largest absolute Gasteiger partial charge is 0.348 e. The van der Waals surface area contributed by atoms with Gasteiger partial charge in [0.1, 0.15) is 0 Å². The Morgan fingerprint density at radius 1 is 0.903 bits per heavy atom. The van der Waals surface area contributed by atoms with Gasteiger partial charge in [0.25, 0.3) is 15.9 Å². The highest BCUT2D eigenvalue weighted by molar-refractivity contribution is 7.92. The van der Waals surface area contributed by atoms with Crippen molar-refractivity contribution in [3.63, 3.8) is 0 Å². The highest BCUT2D eigenvalue weighted by Crippen LogP contribution is 2.21. The number of hydrogen-bond donors (Lipinski definition) is 2. The molecule has 0 aromatic heterocycles. The summed E-state index contributed by atoms with van der Waals surface area (Å²) in [5.74, 6) is 0.262. The molecule has 0 aliphatic heterocycles. The number of anilines is 1. The van der Waals surface area contributed by atoms with E-state index >= 15 is 0 Å². The Bertz CT molecular complexity index is 1170. The first-order valence-electron chi connectivity index (χ1n) is 10.2. The number of nitrogens with one attached hydrogen (secondary N) is 2. The molecule has 0 fully saturated rings. The summed E-state index contributed by atoms with van der Waals surface area (Å²) in [6.45, 7) is 8.39. The molecule has 0 unspecified atom stereocenters. The van der Waals surface area contributed by atoms with Crippen LogP contribution in [0.2, 0.25) is 0 Å². The summed E-state index contributed by atoms with van der Waals surface area (Å²) in [5, 5.41) is 2.91. The van der Waals surface area contributed by atoms with Crippen molar-refractivity contribution in [1.82, 2.24) is 5.32 Å². The van der Waals surface area contributed by atoms with Crippen LogP contribution >= 0.6 is 0 Å². The van der Waals surface area contributed by atoms with Gasteiger partial charge in [-0.3, -0.25) is 9.52 Å². The average Bonchev–Trinajstić information content (AvgIpc) is 2.74. The molecule has 0 saturated carbocycles. The van der Waals surface area contributed by atoms with Crippen LogP contribution in [-0.2, 0) is 16.6 Å². The van der Waals surface area contributed by atoms with Crippen LogP contribution in [0.1, 0.15) is 52.4 Å². The van der Waals surface area contributed by atoms with E-state index in [0.29, 0.717) is 29.3 Å². The maximum absolute atomic E-state index is 12.6. The Hall–Kier alpha value is -3.12. The van der Waals surface area contributed by atoms with Crippen molar-refractivity contribution in [2.24, 2.45) is 0 Å². The van der Waals surface area contributed by atoms with Gasteiger partial charge in [0, 0.05) is 12.1 Å². The summed E-state index contributed by atoms with van der Waals surface area (Å²) in [4.78, 5) is 12.7. The molecule has 0 radical (unpaired) electrons. The lowest BCUT2D eigenvalue weighted by atomic mass is 10.0. The topological polar surface area (TPSA) is 75.3 Å². The molecule has 31 heavy (non-hydrogen) atoms. The number of rotatable bonds is 7. The first-order chi connectivity index (χ1) is 14.7. The van der Waals surface area contributed by atoms with Gasteiger partial charge in [-0.05, 0) is 66.8 Å². The highest BCUT2D eigenvalue weighted by Gasteiger charge is 2.16. The third-order valence-corrected chi connectivity index (χ3v) is 6.55. The van der Waals surface area contributed by atoms with E-state index in [1.807, 2.05) is 19.1 Å². The summed E-state index contributed by atoms with van der Waals surface area (Å²) in [7, 11) is -3.69. The number of carbonyl (C=O) groups is 1. The lowest BCUT2D eigenvalue weighted by Crippen LogP contribution is -2.23. The molecule has 0 spiro atoms. The molecule has 0 atom stereocenters. The molecule has 3 rings (SSSR count). The number of hydrogen-bond acceptors (Lipinski definition) is 3. The number of sulfonamides is 1. The molecule has 0 aliphatic rings. The third-order valence-electron chi connectivity index (χ3n) is 5.16. The summed E-state index contributed by atoms with van der Waals surface area (Å²) in [6.07, 6.45) is 0. The molecule has 1 amide bonds. The number of carbonyl (C=O) groups excluding carboxylic acids is 1. The lowest BCUT2D eigenvalue weighted by Gasteiger charge is -2.13. The van der Waals surface area contributed by atoms with Crippen LogP contribution in [-0.4, -0.2) is 14.3 Å². The van der Waals surface area contributed by atoms with Crippen LogP contribution < -0.4 is 10.0 Å². The Labute approximate surface area is 184 Å².